The van der Waals surface area contributed by atoms with Crippen LogP contribution in [0.2, 0.25) is 0 Å². The summed E-state index contributed by atoms with van der Waals surface area (Å²) in [6.07, 6.45) is 0. The quantitative estimate of drug-likeness (QED) is 0.792. The average molecular weight is 422 g/mol. The van der Waals surface area contributed by atoms with Crippen molar-refractivity contribution in [2.24, 2.45) is 0 Å². The van der Waals surface area contributed by atoms with Crippen molar-refractivity contribution in [2.75, 3.05) is 31.5 Å². The molecule has 1 aliphatic heterocycles. The fraction of sp³-hybridized carbons (Fsp3) is 0.421. The predicted molar refractivity (Wildman–Crippen MR) is 108 cm³/mol. The largest absolute Gasteiger partial charge is 0.325 e. The van der Waals surface area contributed by atoms with E-state index in [9.17, 15) is 4.79 Å². The van der Waals surface area contributed by atoms with E-state index in [2.05, 4.69) is 43.2 Å². The third-order valence-electron chi connectivity index (χ3n) is 4.63. The summed E-state index contributed by atoms with van der Waals surface area (Å²) in [5.41, 5.74) is 2.03. The van der Waals surface area contributed by atoms with E-state index in [1.54, 1.807) is 11.3 Å². The number of anilines is 1. The second-order valence-electron chi connectivity index (χ2n) is 6.55. The molecule has 4 nitrogen and oxygen atoms in total. The first-order valence-corrected chi connectivity index (χ1v) is 10.2. The Balaban J connectivity index is 1.49. The van der Waals surface area contributed by atoms with Gasteiger partial charge >= 0.3 is 0 Å². The van der Waals surface area contributed by atoms with Gasteiger partial charge in [0.15, 0.2) is 0 Å². The predicted octanol–water partition coefficient (Wildman–Crippen LogP) is 3.96. The Kier molecular flexibility index (Phi) is 6.28. The lowest BCUT2D eigenvalue weighted by atomic mass is 10.2. The van der Waals surface area contributed by atoms with E-state index in [-0.39, 0.29) is 11.9 Å². The zero-order valence-corrected chi connectivity index (χ0v) is 17.1. The highest BCUT2D eigenvalue weighted by Crippen LogP contribution is 2.23. The molecule has 2 heterocycles. The molecule has 1 aromatic heterocycles. The van der Waals surface area contributed by atoms with Gasteiger partial charge in [0.05, 0.1) is 9.83 Å². The van der Waals surface area contributed by atoms with Crippen LogP contribution in [0.4, 0.5) is 5.69 Å². The van der Waals surface area contributed by atoms with Crippen LogP contribution in [0.25, 0.3) is 0 Å². The van der Waals surface area contributed by atoms with E-state index in [4.69, 9.17) is 0 Å². The van der Waals surface area contributed by atoms with Crippen LogP contribution in [0, 0.1) is 6.92 Å². The first-order chi connectivity index (χ1) is 12.0. The molecule has 1 amide bonds. The topological polar surface area (TPSA) is 35.6 Å². The average Bonchev–Trinajstić information content (AvgIpc) is 3.00. The van der Waals surface area contributed by atoms with Gasteiger partial charge in [-0.05, 0) is 59.6 Å². The number of nitrogens with one attached hydrogen (secondary N) is 1. The summed E-state index contributed by atoms with van der Waals surface area (Å²) >= 11 is 5.31. The number of piperazine rings is 1. The van der Waals surface area contributed by atoms with Crippen LogP contribution in [-0.4, -0.2) is 47.9 Å². The van der Waals surface area contributed by atoms with Crippen LogP contribution in [0.15, 0.2) is 40.2 Å². The Bertz CT molecular complexity index is 725. The molecule has 0 aliphatic carbocycles. The van der Waals surface area contributed by atoms with Gasteiger partial charge in [-0.25, -0.2) is 0 Å². The number of hydrogen-bond acceptors (Lipinski definition) is 4. The van der Waals surface area contributed by atoms with Crippen molar-refractivity contribution in [1.82, 2.24) is 9.80 Å². The molecule has 1 aromatic carbocycles. The number of nitrogens with zero attached hydrogens (tertiary/aromatic N) is 2. The summed E-state index contributed by atoms with van der Waals surface area (Å²) in [7, 11) is 0. The summed E-state index contributed by atoms with van der Waals surface area (Å²) in [4.78, 5) is 18.6. The van der Waals surface area contributed by atoms with E-state index in [0.717, 1.165) is 44.0 Å². The smallest absolute Gasteiger partial charge is 0.241 e. The Morgan fingerprint density at radius 1 is 1.24 bits per heavy atom. The van der Waals surface area contributed by atoms with E-state index in [0.29, 0.717) is 0 Å². The fourth-order valence-corrected chi connectivity index (χ4v) is 4.63. The molecule has 3 rings (SSSR count). The molecule has 1 aliphatic rings. The highest BCUT2D eigenvalue weighted by molar-refractivity contribution is 9.11. The third kappa shape index (κ3) is 5.14. The molecule has 0 radical (unpaired) electrons. The van der Waals surface area contributed by atoms with Crippen molar-refractivity contribution < 1.29 is 4.79 Å². The molecule has 0 spiro atoms. The van der Waals surface area contributed by atoms with E-state index >= 15 is 0 Å². The van der Waals surface area contributed by atoms with Crippen LogP contribution in [-0.2, 0) is 11.3 Å². The second-order valence-corrected chi connectivity index (χ2v) is 9.10. The lowest BCUT2D eigenvalue weighted by molar-refractivity contribution is -0.121. The molecular formula is C19H24BrN3OS. The molecule has 25 heavy (non-hydrogen) atoms. The zero-order valence-electron chi connectivity index (χ0n) is 14.7. The number of halogens is 1. The van der Waals surface area contributed by atoms with Gasteiger partial charge in [0, 0.05) is 43.3 Å². The number of rotatable bonds is 5. The number of carbonyl (C=O) groups excluding carboxylic acids is 1. The maximum absolute atomic E-state index is 12.5. The number of aryl methyl sites for hydroxylation is 1. The maximum atomic E-state index is 12.5. The van der Waals surface area contributed by atoms with E-state index in [1.807, 2.05) is 38.1 Å². The third-order valence-corrected chi connectivity index (χ3v) is 6.24. The SMILES string of the molecule is Cc1cccc(NC(=O)C(C)N2CCN(Cc3ccc(Br)s3)CC2)c1. The lowest BCUT2D eigenvalue weighted by Gasteiger charge is -2.37. The molecule has 6 heteroatoms. The minimum Gasteiger partial charge on any atom is -0.325 e. The summed E-state index contributed by atoms with van der Waals surface area (Å²) in [6.45, 7) is 8.87. The highest BCUT2D eigenvalue weighted by Gasteiger charge is 2.25. The van der Waals surface area contributed by atoms with Crippen molar-refractivity contribution in [2.45, 2.75) is 26.4 Å². The van der Waals surface area contributed by atoms with Crippen molar-refractivity contribution >= 4 is 38.9 Å². The van der Waals surface area contributed by atoms with Gasteiger partial charge < -0.3 is 5.32 Å². The van der Waals surface area contributed by atoms with Crippen molar-refractivity contribution in [1.29, 1.82) is 0 Å². The number of benzene rings is 1. The van der Waals surface area contributed by atoms with E-state index in [1.165, 1.54) is 8.66 Å². The van der Waals surface area contributed by atoms with Gasteiger partial charge in [0.25, 0.3) is 0 Å². The van der Waals surface area contributed by atoms with Crippen molar-refractivity contribution in [3.8, 4) is 0 Å². The zero-order chi connectivity index (χ0) is 17.8. The van der Waals surface area contributed by atoms with Gasteiger partial charge in [-0.15, -0.1) is 11.3 Å². The van der Waals surface area contributed by atoms with Gasteiger partial charge in [0.2, 0.25) is 5.91 Å². The number of hydrogen-bond donors (Lipinski definition) is 1. The number of amides is 1. The second kappa shape index (κ2) is 8.45. The Morgan fingerprint density at radius 3 is 2.64 bits per heavy atom. The fourth-order valence-electron chi connectivity index (χ4n) is 3.10. The van der Waals surface area contributed by atoms with Crippen LogP contribution in [0.3, 0.4) is 0 Å². The molecule has 1 saturated heterocycles. The Hall–Kier alpha value is -1.21. The van der Waals surface area contributed by atoms with Crippen molar-refractivity contribution in [3.63, 3.8) is 0 Å². The monoisotopic (exact) mass is 421 g/mol. The summed E-state index contributed by atoms with van der Waals surface area (Å²) < 4.78 is 1.18. The van der Waals surface area contributed by atoms with Gasteiger partial charge in [0.1, 0.15) is 0 Å². The molecule has 134 valence electrons. The maximum Gasteiger partial charge on any atom is 0.241 e. The molecule has 1 fully saturated rings. The van der Waals surface area contributed by atoms with Crippen LogP contribution >= 0.6 is 27.3 Å². The molecule has 0 saturated carbocycles. The van der Waals surface area contributed by atoms with Crippen LogP contribution in [0.1, 0.15) is 17.4 Å². The summed E-state index contributed by atoms with van der Waals surface area (Å²) in [6, 6.07) is 12.1. The first-order valence-electron chi connectivity index (χ1n) is 8.59. The molecular weight excluding hydrogens is 398 g/mol. The normalized spacial score (nSPS) is 17.4. The van der Waals surface area contributed by atoms with Crippen LogP contribution in [0.5, 0.6) is 0 Å². The van der Waals surface area contributed by atoms with E-state index < -0.39 is 0 Å². The number of carbonyl (C=O) groups is 1. The molecule has 1 unspecified atom stereocenters. The van der Waals surface area contributed by atoms with Crippen molar-refractivity contribution in [3.05, 3.63) is 50.6 Å². The minimum absolute atomic E-state index is 0.0706. The standard InChI is InChI=1S/C19H24BrN3OS/c1-14-4-3-5-16(12-14)21-19(24)15(2)23-10-8-22(9-11-23)13-17-6-7-18(20)25-17/h3-7,12,15H,8-11,13H2,1-2H3,(H,21,24). The minimum atomic E-state index is -0.112. The Morgan fingerprint density at radius 2 is 2.00 bits per heavy atom. The van der Waals surface area contributed by atoms with Gasteiger partial charge in [-0.1, -0.05) is 12.1 Å². The number of thiophene rings is 1. The lowest BCUT2D eigenvalue weighted by Crippen LogP contribution is -2.52. The van der Waals surface area contributed by atoms with Gasteiger partial charge in [-0.3, -0.25) is 14.6 Å². The summed E-state index contributed by atoms with van der Waals surface area (Å²) in [5.74, 6) is 0.0706. The van der Waals surface area contributed by atoms with Gasteiger partial charge in [-0.2, -0.15) is 0 Å². The Labute approximate surface area is 162 Å². The molecule has 1 N–H and O–H groups in total. The molecule has 0 bridgehead atoms. The molecule has 1 atom stereocenters. The summed E-state index contributed by atoms with van der Waals surface area (Å²) in [5, 5.41) is 3.04. The van der Waals surface area contributed by atoms with Crippen LogP contribution < -0.4 is 5.32 Å². The molecule has 2 aromatic rings. The highest BCUT2D eigenvalue weighted by atomic mass is 79.9. The first kappa shape index (κ1) is 18.6.